The summed E-state index contributed by atoms with van der Waals surface area (Å²) in [5, 5.41) is 0. The molecule has 2 heteroatoms. The third kappa shape index (κ3) is 3.69. The molecule has 0 atom stereocenters. The molecule has 0 spiro atoms. The van der Waals surface area contributed by atoms with Gasteiger partial charge in [-0.05, 0) is 0 Å². The summed E-state index contributed by atoms with van der Waals surface area (Å²) >= 11 is 0. The van der Waals surface area contributed by atoms with E-state index in [9.17, 15) is 0 Å². The highest BCUT2D eigenvalue weighted by Crippen LogP contribution is 1.78. The zero-order valence-corrected chi connectivity index (χ0v) is 5.01. The lowest BCUT2D eigenvalue weighted by Gasteiger charge is -2.09. The van der Waals surface area contributed by atoms with Crippen molar-refractivity contribution >= 4 is 7.98 Å². The van der Waals surface area contributed by atoms with Crippen molar-refractivity contribution in [2.75, 3.05) is 13.1 Å². The van der Waals surface area contributed by atoms with E-state index in [2.05, 4.69) is 13.2 Å². The molecule has 0 aromatic heterocycles. The van der Waals surface area contributed by atoms with Crippen LogP contribution in [0.5, 0.6) is 0 Å². The van der Waals surface area contributed by atoms with Crippen LogP contribution in [0, 0.1) is 0 Å². The quantitative estimate of drug-likeness (QED) is 0.378. The summed E-state index contributed by atoms with van der Waals surface area (Å²) < 4.78 is 0. The number of hydrogen-bond acceptors (Lipinski definition) is 1. The minimum Gasteiger partial charge on any atom is -0.347 e. The summed E-state index contributed by atoms with van der Waals surface area (Å²) in [6, 6.07) is 0. The number of hydrogen-bond donors (Lipinski definition) is 0. The van der Waals surface area contributed by atoms with Gasteiger partial charge in [0.25, 0.3) is 0 Å². The Labute approximate surface area is 52.1 Å². The summed E-state index contributed by atoms with van der Waals surface area (Å²) in [6.07, 6.45) is 3.51. The first-order valence-electron chi connectivity index (χ1n) is 2.52. The van der Waals surface area contributed by atoms with E-state index < -0.39 is 0 Å². The van der Waals surface area contributed by atoms with Crippen LogP contribution in [0.2, 0.25) is 0 Å². The molecule has 0 aliphatic rings. The minimum absolute atomic E-state index is 0.714. The van der Waals surface area contributed by atoms with Crippen molar-refractivity contribution in [1.82, 2.24) is 4.81 Å². The smallest absolute Gasteiger partial charge is 0.183 e. The van der Waals surface area contributed by atoms with E-state index in [0.29, 0.717) is 13.1 Å². The van der Waals surface area contributed by atoms with Gasteiger partial charge in [-0.1, -0.05) is 12.2 Å². The fourth-order valence-electron chi connectivity index (χ4n) is 0.406. The van der Waals surface area contributed by atoms with Crippen LogP contribution in [-0.4, -0.2) is 25.9 Å². The maximum atomic E-state index is 5.39. The van der Waals surface area contributed by atoms with Crippen LogP contribution >= 0.6 is 0 Å². The summed E-state index contributed by atoms with van der Waals surface area (Å²) in [5.41, 5.74) is 0. The van der Waals surface area contributed by atoms with E-state index >= 15 is 0 Å². The fraction of sp³-hybridized carbons (Fsp3) is 0.333. The molecule has 2 radical (unpaired) electrons. The molecule has 0 aromatic carbocycles. The van der Waals surface area contributed by atoms with E-state index in [0.717, 1.165) is 0 Å². The predicted molar refractivity (Wildman–Crippen MR) is 37.7 cm³/mol. The van der Waals surface area contributed by atoms with Gasteiger partial charge in [0.15, 0.2) is 7.98 Å². The molecule has 0 amide bonds. The van der Waals surface area contributed by atoms with Crippen molar-refractivity contribution < 1.29 is 0 Å². The molecule has 0 heterocycles. The van der Waals surface area contributed by atoms with E-state index in [-0.39, 0.29) is 0 Å². The second-order valence-electron chi connectivity index (χ2n) is 1.53. The molecular weight excluding hydrogens is 96.9 g/mol. The normalized spacial score (nSPS) is 9.12. The molecule has 0 rings (SSSR count). The third-order valence-corrected chi connectivity index (χ3v) is 0.727. The molecule has 8 heavy (non-hydrogen) atoms. The second kappa shape index (κ2) is 4.66. The Hall–Kier alpha value is -0.495. The molecular formula is C6H10BN. The Bertz CT molecular complexity index is 70.6. The first-order valence-corrected chi connectivity index (χ1v) is 2.52. The highest BCUT2D eigenvalue weighted by molar-refractivity contribution is 6.04. The van der Waals surface area contributed by atoms with Crippen LogP contribution in [0.25, 0.3) is 0 Å². The van der Waals surface area contributed by atoms with Gasteiger partial charge in [0, 0.05) is 13.1 Å². The molecule has 1 nitrogen and oxygen atoms in total. The SMILES string of the molecule is [B]N(CC=C)CC=C. The van der Waals surface area contributed by atoms with Crippen molar-refractivity contribution in [1.29, 1.82) is 0 Å². The Kier molecular flexibility index (Phi) is 4.37. The summed E-state index contributed by atoms with van der Waals surface area (Å²) in [5.74, 6) is 0. The Morgan fingerprint density at radius 3 is 1.88 bits per heavy atom. The van der Waals surface area contributed by atoms with Crippen molar-refractivity contribution in [2.45, 2.75) is 0 Å². The van der Waals surface area contributed by atoms with Crippen LogP contribution in [0.4, 0.5) is 0 Å². The van der Waals surface area contributed by atoms with Crippen molar-refractivity contribution in [2.24, 2.45) is 0 Å². The van der Waals surface area contributed by atoms with Crippen molar-refractivity contribution in [3.05, 3.63) is 25.3 Å². The first kappa shape index (κ1) is 7.50. The molecule has 0 saturated carbocycles. The van der Waals surface area contributed by atoms with Gasteiger partial charge in [-0.3, -0.25) is 0 Å². The van der Waals surface area contributed by atoms with Crippen molar-refractivity contribution in [3.8, 4) is 0 Å². The highest BCUT2D eigenvalue weighted by Gasteiger charge is 1.86. The predicted octanol–water partition coefficient (Wildman–Crippen LogP) is 0.744. The average molecular weight is 107 g/mol. The van der Waals surface area contributed by atoms with Gasteiger partial charge in [0.05, 0.1) is 0 Å². The van der Waals surface area contributed by atoms with E-state index in [1.54, 1.807) is 17.0 Å². The van der Waals surface area contributed by atoms with Gasteiger partial charge in [0.2, 0.25) is 0 Å². The fourth-order valence-corrected chi connectivity index (χ4v) is 0.406. The van der Waals surface area contributed by atoms with Crippen LogP contribution in [0.15, 0.2) is 25.3 Å². The highest BCUT2D eigenvalue weighted by atomic mass is 15.0. The van der Waals surface area contributed by atoms with Gasteiger partial charge in [0.1, 0.15) is 0 Å². The monoisotopic (exact) mass is 107 g/mol. The topological polar surface area (TPSA) is 3.24 Å². The number of rotatable bonds is 4. The van der Waals surface area contributed by atoms with Gasteiger partial charge in [-0.2, -0.15) is 0 Å². The van der Waals surface area contributed by atoms with Gasteiger partial charge in [-0.25, -0.2) is 0 Å². The number of nitrogens with zero attached hydrogens (tertiary/aromatic N) is 1. The van der Waals surface area contributed by atoms with Gasteiger partial charge in [-0.15, -0.1) is 13.2 Å². The summed E-state index contributed by atoms with van der Waals surface area (Å²) in [4.78, 5) is 1.62. The maximum Gasteiger partial charge on any atom is 0.183 e. The second-order valence-corrected chi connectivity index (χ2v) is 1.53. The molecule has 0 fully saturated rings. The van der Waals surface area contributed by atoms with E-state index in [4.69, 9.17) is 7.98 Å². The maximum absolute atomic E-state index is 5.39. The largest absolute Gasteiger partial charge is 0.347 e. The standard InChI is InChI=1S/C6H10BN/c1-3-5-8(7)6-4-2/h3-4H,1-2,5-6H2. The Morgan fingerprint density at radius 1 is 1.25 bits per heavy atom. The lowest BCUT2D eigenvalue weighted by atomic mass is 10.3. The minimum atomic E-state index is 0.714. The zero-order valence-electron chi connectivity index (χ0n) is 5.01. The Balaban J connectivity index is 3.16. The first-order chi connectivity index (χ1) is 3.81. The summed E-state index contributed by atoms with van der Waals surface area (Å²) in [6.45, 7) is 8.48. The van der Waals surface area contributed by atoms with Crippen LogP contribution in [-0.2, 0) is 0 Å². The molecule has 0 bridgehead atoms. The lowest BCUT2D eigenvalue weighted by molar-refractivity contribution is 0.558. The molecule has 0 unspecified atom stereocenters. The molecule has 0 saturated heterocycles. The van der Waals surface area contributed by atoms with Crippen LogP contribution in [0.1, 0.15) is 0 Å². The zero-order chi connectivity index (χ0) is 6.41. The lowest BCUT2D eigenvalue weighted by Crippen LogP contribution is -2.19. The third-order valence-electron chi connectivity index (χ3n) is 0.727. The molecule has 0 aromatic rings. The average Bonchev–Trinajstić information content (AvgIpc) is 1.68. The Morgan fingerprint density at radius 2 is 1.62 bits per heavy atom. The van der Waals surface area contributed by atoms with E-state index in [1.807, 2.05) is 0 Å². The van der Waals surface area contributed by atoms with Crippen molar-refractivity contribution in [3.63, 3.8) is 0 Å². The summed E-state index contributed by atoms with van der Waals surface area (Å²) in [7, 11) is 5.39. The van der Waals surface area contributed by atoms with Crippen LogP contribution in [0.3, 0.4) is 0 Å². The molecule has 0 aliphatic heterocycles. The molecule has 0 aliphatic carbocycles. The van der Waals surface area contributed by atoms with Gasteiger partial charge < -0.3 is 4.81 Å². The van der Waals surface area contributed by atoms with Crippen LogP contribution < -0.4 is 0 Å². The molecule has 42 valence electrons. The molecule has 0 N–H and O–H groups in total. The van der Waals surface area contributed by atoms with Gasteiger partial charge >= 0.3 is 0 Å². The van der Waals surface area contributed by atoms with E-state index in [1.165, 1.54) is 0 Å².